The van der Waals surface area contributed by atoms with Gasteiger partial charge in [-0.05, 0) is 51.6 Å². The van der Waals surface area contributed by atoms with E-state index in [1.54, 1.807) is 0 Å². The molecule has 1 aliphatic heterocycles. The van der Waals surface area contributed by atoms with Crippen molar-refractivity contribution < 1.29 is 9.59 Å². The summed E-state index contributed by atoms with van der Waals surface area (Å²) in [5, 5.41) is 5.53. The van der Waals surface area contributed by atoms with Crippen molar-refractivity contribution in [2.24, 2.45) is 11.5 Å². The maximum atomic E-state index is 12.1. The summed E-state index contributed by atoms with van der Waals surface area (Å²) in [4.78, 5) is 23.6. The molecule has 2 amide bonds. The fourth-order valence-electron chi connectivity index (χ4n) is 2.32. The third-order valence-electron chi connectivity index (χ3n) is 3.34. The number of nitrogens with one attached hydrogen (secondary N) is 2. The molecule has 1 rings (SSSR count). The first-order chi connectivity index (χ1) is 8.64. The Morgan fingerprint density at radius 3 is 2.06 bits per heavy atom. The lowest BCUT2D eigenvalue weighted by atomic mass is 9.84. The molecule has 0 aromatic rings. The molecule has 6 heteroatoms. The van der Waals surface area contributed by atoms with E-state index in [1.807, 2.05) is 0 Å². The van der Waals surface area contributed by atoms with Crippen molar-refractivity contribution in [3.05, 3.63) is 0 Å². The van der Waals surface area contributed by atoms with Gasteiger partial charge in [0, 0.05) is 0 Å². The number of unbranched alkanes of at least 4 members (excludes halogenated alkanes) is 2. The molecular weight excluding hydrogens is 232 g/mol. The van der Waals surface area contributed by atoms with Crippen LogP contribution in [0.4, 0.5) is 0 Å². The highest BCUT2D eigenvalue weighted by atomic mass is 16.2. The molecule has 0 unspecified atom stereocenters. The molecule has 18 heavy (non-hydrogen) atoms. The molecule has 1 heterocycles. The quantitative estimate of drug-likeness (QED) is 0.427. The topological polar surface area (TPSA) is 110 Å². The van der Waals surface area contributed by atoms with Gasteiger partial charge in [0.1, 0.15) is 5.54 Å². The number of amides is 2. The lowest BCUT2D eigenvalue weighted by Gasteiger charge is -2.37. The van der Waals surface area contributed by atoms with Crippen LogP contribution in [0.2, 0.25) is 0 Å². The van der Waals surface area contributed by atoms with Crippen molar-refractivity contribution in [2.75, 3.05) is 19.6 Å². The molecule has 0 bridgehead atoms. The Labute approximate surface area is 108 Å². The highest BCUT2D eigenvalue weighted by Crippen LogP contribution is 2.23. The van der Waals surface area contributed by atoms with Crippen LogP contribution in [0.5, 0.6) is 0 Å². The molecule has 0 aromatic heterocycles. The zero-order chi connectivity index (χ0) is 13.4. The molecule has 0 aromatic carbocycles. The van der Waals surface area contributed by atoms with E-state index in [1.165, 1.54) is 0 Å². The van der Waals surface area contributed by atoms with Crippen LogP contribution in [0.1, 0.15) is 38.5 Å². The molecule has 6 N–H and O–H groups in total. The van der Waals surface area contributed by atoms with E-state index < -0.39 is 5.54 Å². The van der Waals surface area contributed by atoms with Crippen LogP contribution < -0.4 is 22.1 Å². The van der Waals surface area contributed by atoms with Gasteiger partial charge < -0.3 is 22.1 Å². The van der Waals surface area contributed by atoms with Gasteiger partial charge in [-0.3, -0.25) is 9.59 Å². The molecular formula is C12H24N4O2. The zero-order valence-electron chi connectivity index (χ0n) is 10.8. The number of carbonyl (C=O) groups is 2. The van der Waals surface area contributed by atoms with E-state index in [9.17, 15) is 9.59 Å². The fourth-order valence-corrected chi connectivity index (χ4v) is 2.32. The zero-order valence-corrected chi connectivity index (χ0v) is 10.8. The van der Waals surface area contributed by atoms with Gasteiger partial charge in [-0.25, -0.2) is 0 Å². The minimum Gasteiger partial charge on any atom is -0.345 e. The second-order valence-corrected chi connectivity index (χ2v) is 4.80. The molecule has 0 atom stereocenters. The summed E-state index contributed by atoms with van der Waals surface area (Å²) in [5.41, 5.74) is 10.2. The molecule has 6 nitrogen and oxygen atoms in total. The van der Waals surface area contributed by atoms with Crippen LogP contribution in [0.3, 0.4) is 0 Å². The smallest absolute Gasteiger partial charge is 0.246 e. The van der Waals surface area contributed by atoms with Crippen molar-refractivity contribution in [3.8, 4) is 0 Å². The SMILES string of the molecule is NCCCCC1(CCCCN)NC(=O)CNC1=O. The first-order valence-corrected chi connectivity index (χ1v) is 6.64. The molecule has 1 aliphatic rings. The molecule has 0 aliphatic carbocycles. The second kappa shape index (κ2) is 7.33. The third-order valence-corrected chi connectivity index (χ3v) is 3.34. The molecule has 1 saturated heterocycles. The lowest BCUT2D eigenvalue weighted by molar-refractivity contribution is -0.139. The molecule has 104 valence electrons. The minimum atomic E-state index is -0.750. The van der Waals surface area contributed by atoms with E-state index in [-0.39, 0.29) is 18.4 Å². The fraction of sp³-hybridized carbons (Fsp3) is 0.833. The lowest BCUT2D eigenvalue weighted by Crippen LogP contribution is -2.65. The first kappa shape index (κ1) is 14.9. The average Bonchev–Trinajstić information content (AvgIpc) is 2.35. The van der Waals surface area contributed by atoms with E-state index in [2.05, 4.69) is 10.6 Å². The summed E-state index contributed by atoms with van der Waals surface area (Å²) in [6.45, 7) is 1.29. The second-order valence-electron chi connectivity index (χ2n) is 4.80. The number of piperazine rings is 1. The average molecular weight is 256 g/mol. The van der Waals surface area contributed by atoms with Gasteiger partial charge in [-0.1, -0.05) is 0 Å². The van der Waals surface area contributed by atoms with E-state index in [0.717, 1.165) is 25.7 Å². The van der Waals surface area contributed by atoms with Gasteiger partial charge in [-0.2, -0.15) is 0 Å². The van der Waals surface area contributed by atoms with Crippen molar-refractivity contribution in [1.29, 1.82) is 0 Å². The Bertz CT molecular complexity index is 284. The Morgan fingerprint density at radius 1 is 1.00 bits per heavy atom. The molecule has 0 spiro atoms. The van der Waals surface area contributed by atoms with E-state index in [4.69, 9.17) is 11.5 Å². The Hall–Kier alpha value is -1.14. The summed E-state index contributed by atoms with van der Waals surface area (Å²) < 4.78 is 0. The van der Waals surface area contributed by atoms with Gasteiger partial charge in [0.25, 0.3) is 0 Å². The Morgan fingerprint density at radius 2 is 1.56 bits per heavy atom. The number of rotatable bonds is 8. The van der Waals surface area contributed by atoms with Crippen molar-refractivity contribution in [2.45, 2.75) is 44.1 Å². The summed E-state index contributed by atoms with van der Waals surface area (Å²) in [7, 11) is 0. The monoisotopic (exact) mass is 256 g/mol. The van der Waals surface area contributed by atoms with E-state index in [0.29, 0.717) is 25.9 Å². The summed E-state index contributed by atoms with van der Waals surface area (Å²) in [6.07, 6.45) is 4.70. The standard InChI is InChI=1S/C12H24N4O2/c13-7-3-1-5-12(6-2-4-8-14)11(18)15-9-10(17)16-12/h1-9,13-14H2,(H,15,18)(H,16,17). The van der Waals surface area contributed by atoms with Crippen LogP contribution in [-0.4, -0.2) is 37.0 Å². The van der Waals surface area contributed by atoms with Crippen LogP contribution in [0, 0.1) is 0 Å². The first-order valence-electron chi connectivity index (χ1n) is 6.64. The van der Waals surface area contributed by atoms with Crippen molar-refractivity contribution in [3.63, 3.8) is 0 Å². The van der Waals surface area contributed by atoms with Crippen molar-refractivity contribution >= 4 is 11.8 Å². The largest absolute Gasteiger partial charge is 0.345 e. The third kappa shape index (κ3) is 3.96. The minimum absolute atomic E-state index is 0.0730. The van der Waals surface area contributed by atoms with Crippen molar-refractivity contribution in [1.82, 2.24) is 10.6 Å². The highest BCUT2D eigenvalue weighted by Gasteiger charge is 2.41. The van der Waals surface area contributed by atoms with Gasteiger partial charge >= 0.3 is 0 Å². The predicted molar refractivity (Wildman–Crippen MR) is 69.7 cm³/mol. The number of carbonyl (C=O) groups excluding carboxylic acids is 2. The number of hydrogen-bond acceptors (Lipinski definition) is 4. The normalized spacial score (nSPS) is 18.3. The van der Waals surface area contributed by atoms with E-state index >= 15 is 0 Å². The summed E-state index contributed by atoms with van der Waals surface area (Å²) >= 11 is 0. The summed E-state index contributed by atoms with van der Waals surface area (Å²) in [6, 6.07) is 0. The van der Waals surface area contributed by atoms with Crippen LogP contribution >= 0.6 is 0 Å². The Kier molecular flexibility index (Phi) is 6.07. The maximum Gasteiger partial charge on any atom is 0.246 e. The van der Waals surface area contributed by atoms with Gasteiger partial charge in [0.05, 0.1) is 6.54 Å². The van der Waals surface area contributed by atoms with Gasteiger partial charge in [0.2, 0.25) is 11.8 Å². The summed E-state index contributed by atoms with van der Waals surface area (Å²) in [5.74, 6) is -0.189. The van der Waals surface area contributed by atoms with Gasteiger partial charge in [-0.15, -0.1) is 0 Å². The maximum absolute atomic E-state index is 12.1. The number of hydrogen-bond donors (Lipinski definition) is 4. The highest BCUT2D eigenvalue weighted by molar-refractivity contribution is 5.97. The van der Waals surface area contributed by atoms with Crippen LogP contribution in [0.25, 0.3) is 0 Å². The Balaban J connectivity index is 2.64. The van der Waals surface area contributed by atoms with Crippen LogP contribution in [-0.2, 0) is 9.59 Å². The molecule has 0 saturated carbocycles. The molecule has 1 fully saturated rings. The van der Waals surface area contributed by atoms with Crippen LogP contribution in [0.15, 0.2) is 0 Å². The molecule has 0 radical (unpaired) electrons. The number of nitrogens with two attached hydrogens (primary N) is 2. The predicted octanol–water partition coefficient (Wildman–Crippen LogP) is -0.771. The van der Waals surface area contributed by atoms with Gasteiger partial charge in [0.15, 0.2) is 0 Å².